The van der Waals surface area contributed by atoms with Crippen LogP contribution in [0.3, 0.4) is 0 Å². The van der Waals surface area contributed by atoms with Gasteiger partial charge in [0.1, 0.15) is 0 Å². The Kier molecular flexibility index (Phi) is 6.03. The first-order chi connectivity index (χ1) is 22.8. The quantitative estimate of drug-likeness (QED) is 0.200. The summed E-state index contributed by atoms with van der Waals surface area (Å²) in [7, 11) is 0. The van der Waals surface area contributed by atoms with Gasteiger partial charge < -0.3 is 0 Å². The number of hydrogen-bond acceptors (Lipinski definition) is 4. The van der Waals surface area contributed by atoms with Crippen molar-refractivity contribution in [1.29, 1.82) is 0 Å². The van der Waals surface area contributed by atoms with Crippen LogP contribution >= 0.6 is 0 Å². The summed E-state index contributed by atoms with van der Waals surface area (Å²) < 4.78 is 4.28. The number of rotatable bonds is 5. The monoisotopic (exact) mass is 590 g/mol. The minimum atomic E-state index is 0.513. The van der Waals surface area contributed by atoms with Crippen LogP contribution < -0.4 is 0 Å². The zero-order chi connectivity index (χ0) is 30.5. The smallest absolute Gasteiger partial charge is 0.241 e. The summed E-state index contributed by atoms with van der Waals surface area (Å²) in [4.78, 5) is 20.3. The molecule has 0 aliphatic rings. The normalized spacial score (nSPS) is 11.5. The van der Waals surface area contributed by atoms with Crippen molar-refractivity contribution in [3.8, 4) is 51.0 Å². The number of nitrogens with zero attached hydrogens (tertiary/aromatic N) is 6. The molecule has 9 aromatic rings. The molecule has 6 nitrogen and oxygen atoms in total. The molecular weight excluding hydrogens is 564 g/mol. The van der Waals surface area contributed by atoms with Crippen molar-refractivity contribution in [3.05, 3.63) is 158 Å². The van der Waals surface area contributed by atoms with Gasteiger partial charge in [0.15, 0.2) is 11.6 Å². The molecule has 0 saturated heterocycles. The van der Waals surface area contributed by atoms with Crippen LogP contribution in [0.25, 0.3) is 78.8 Å². The van der Waals surface area contributed by atoms with Crippen molar-refractivity contribution in [1.82, 2.24) is 28.9 Å². The highest BCUT2D eigenvalue weighted by Gasteiger charge is 2.22. The standard InChI is InChI=1S/C40H26N6/c1-5-13-27(14-6-1)31-21-23-34-33(25-31)41-40-45(34)36-26-32(28-15-7-2-8-16-28)22-24-35(36)46(40)39-43-37(29-17-9-3-10-18-29)42-38(44-39)30-19-11-4-12-20-30/h1-26H. The van der Waals surface area contributed by atoms with Crippen molar-refractivity contribution < 1.29 is 0 Å². The topological polar surface area (TPSA) is 60.9 Å². The molecule has 46 heavy (non-hydrogen) atoms. The second kappa shape index (κ2) is 10.6. The predicted molar refractivity (Wildman–Crippen MR) is 185 cm³/mol. The lowest BCUT2D eigenvalue weighted by atomic mass is 10.0. The van der Waals surface area contributed by atoms with E-state index in [1.54, 1.807) is 0 Å². The molecule has 0 saturated carbocycles. The van der Waals surface area contributed by atoms with Crippen molar-refractivity contribution in [3.63, 3.8) is 0 Å². The minimum absolute atomic E-state index is 0.513. The number of fused-ring (bicyclic) bond motifs is 5. The van der Waals surface area contributed by atoms with Crippen molar-refractivity contribution in [2.75, 3.05) is 0 Å². The van der Waals surface area contributed by atoms with Crippen LogP contribution in [0.2, 0.25) is 0 Å². The summed E-state index contributed by atoms with van der Waals surface area (Å²) >= 11 is 0. The molecular formula is C40H26N6. The third-order valence-corrected chi connectivity index (χ3v) is 8.40. The second-order valence-electron chi connectivity index (χ2n) is 11.2. The lowest BCUT2D eigenvalue weighted by Crippen LogP contribution is -2.07. The predicted octanol–water partition coefficient (Wildman–Crippen LogP) is 9.28. The van der Waals surface area contributed by atoms with E-state index in [1.807, 2.05) is 72.8 Å². The van der Waals surface area contributed by atoms with Crippen LogP contribution in [0.5, 0.6) is 0 Å². The molecule has 3 heterocycles. The maximum atomic E-state index is 5.25. The first kappa shape index (κ1) is 26.0. The molecule has 3 aromatic heterocycles. The number of imidazole rings is 2. The van der Waals surface area contributed by atoms with Crippen LogP contribution in [0.4, 0.5) is 0 Å². The van der Waals surface area contributed by atoms with Gasteiger partial charge in [0.25, 0.3) is 0 Å². The van der Waals surface area contributed by atoms with E-state index in [2.05, 4.69) is 93.9 Å². The molecule has 0 bridgehead atoms. The zero-order valence-corrected chi connectivity index (χ0v) is 24.7. The molecule has 216 valence electrons. The average Bonchev–Trinajstić information content (AvgIpc) is 3.66. The molecule has 6 heteroatoms. The van der Waals surface area contributed by atoms with Gasteiger partial charge in [-0.1, -0.05) is 133 Å². The molecule has 0 unspecified atom stereocenters. The fraction of sp³-hybridized carbons (Fsp3) is 0. The van der Waals surface area contributed by atoms with Crippen LogP contribution in [0.15, 0.2) is 158 Å². The van der Waals surface area contributed by atoms with E-state index in [4.69, 9.17) is 19.9 Å². The van der Waals surface area contributed by atoms with Gasteiger partial charge in [-0.15, -0.1) is 0 Å². The van der Waals surface area contributed by atoms with E-state index in [-0.39, 0.29) is 0 Å². The van der Waals surface area contributed by atoms with Crippen LogP contribution in [-0.4, -0.2) is 28.9 Å². The summed E-state index contributed by atoms with van der Waals surface area (Å²) in [5, 5.41) is 0. The number of hydrogen-bond donors (Lipinski definition) is 0. The molecule has 0 atom stereocenters. The van der Waals surface area contributed by atoms with Gasteiger partial charge in [-0.25, -0.2) is 14.5 Å². The Bertz CT molecular complexity index is 2440. The maximum Gasteiger partial charge on any atom is 0.241 e. The Labute approximate surface area is 264 Å². The summed E-state index contributed by atoms with van der Waals surface area (Å²) in [5.74, 6) is 2.46. The summed E-state index contributed by atoms with van der Waals surface area (Å²) in [6.45, 7) is 0. The third-order valence-electron chi connectivity index (χ3n) is 8.40. The minimum Gasteiger partial charge on any atom is -0.276 e. The molecule has 0 fully saturated rings. The van der Waals surface area contributed by atoms with Gasteiger partial charge in [0.05, 0.1) is 22.1 Å². The van der Waals surface area contributed by atoms with E-state index < -0.39 is 0 Å². The van der Waals surface area contributed by atoms with Gasteiger partial charge in [0, 0.05) is 11.1 Å². The van der Waals surface area contributed by atoms with Crippen LogP contribution in [0.1, 0.15) is 0 Å². The number of aromatic nitrogens is 6. The van der Waals surface area contributed by atoms with E-state index >= 15 is 0 Å². The van der Waals surface area contributed by atoms with E-state index in [0.29, 0.717) is 17.6 Å². The SMILES string of the molecule is c1ccc(-c2ccc3c(c2)nc2n(-c4nc(-c5ccccc5)nc(-c5ccccc5)n4)c4ccc(-c5ccccc5)cc4n32)cc1. The molecule has 6 aromatic carbocycles. The lowest BCUT2D eigenvalue weighted by molar-refractivity contribution is 0.937. The van der Waals surface area contributed by atoms with Crippen molar-refractivity contribution >= 4 is 27.8 Å². The fourth-order valence-electron chi connectivity index (χ4n) is 6.17. The molecule has 0 aliphatic carbocycles. The number of benzene rings is 6. The Morgan fingerprint density at radius 1 is 0.348 bits per heavy atom. The van der Waals surface area contributed by atoms with Gasteiger partial charge in [-0.05, 0) is 46.5 Å². The second-order valence-corrected chi connectivity index (χ2v) is 11.2. The van der Waals surface area contributed by atoms with Gasteiger partial charge >= 0.3 is 0 Å². The zero-order valence-electron chi connectivity index (χ0n) is 24.7. The first-order valence-electron chi connectivity index (χ1n) is 15.2. The van der Waals surface area contributed by atoms with E-state index in [1.165, 1.54) is 0 Å². The van der Waals surface area contributed by atoms with Crippen molar-refractivity contribution in [2.45, 2.75) is 0 Å². The molecule has 0 spiro atoms. The Morgan fingerprint density at radius 2 is 0.826 bits per heavy atom. The van der Waals surface area contributed by atoms with Crippen LogP contribution in [-0.2, 0) is 0 Å². The molecule has 0 amide bonds. The lowest BCUT2D eigenvalue weighted by Gasteiger charge is -2.10. The Balaban J connectivity index is 1.35. The van der Waals surface area contributed by atoms with E-state index in [9.17, 15) is 0 Å². The fourth-order valence-corrected chi connectivity index (χ4v) is 6.17. The van der Waals surface area contributed by atoms with Gasteiger partial charge in [-0.3, -0.25) is 4.40 Å². The van der Waals surface area contributed by atoms with Crippen molar-refractivity contribution in [2.24, 2.45) is 0 Å². The largest absolute Gasteiger partial charge is 0.276 e. The first-order valence-corrected chi connectivity index (χ1v) is 15.2. The molecule has 0 N–H and O–H groups in total. The van der Waals surface area contributed by atoms with Crippen LogP contribution in [0, 0.1) is 0 Å². The maximum absolute atomic E-state index is 5.25. The Morgan fingerprint density at radius 3 is 1.37 bits per heavy atom. The Hall–Kier alpha value is -6.40. The highest BCUT2D eigenvalue weighted by molar-refractivity contribution is 5.95. The summed E-state index contributed by atoms with van der Waals surface area (Å²) in [6.07, 6.45) is 0. The highest BCUT2D eigenvalue weighted by Crippen LogP contribution is 2.34. The molecule has 0 aliphatic heterocycles. The molecule has 9 rings (SSSR count). The average molecular weight is 591 g/mol. The van der Waals surface area contributed by atoms with Gasteiger partial charge in [-0.2, -0.15) is 9.97 Å². The summed E-state index contributed by atoms with van der Waals surface area (Å²) in [5.41, 5.74) is 10.3. The highest BCUT2D eigenvalue weighted by atomic mass is 15.3. The molecule has 0 radical (unpaired) electrons. The van der Waals surface area contributed by atoms with E-state index in [0.717, 1.165) is 61.2 Å². The van der Waals surface area contributed by atoms with Gasteiger partial charge in [0.2, 0.25) is 11.7 Å². The summed E-state index contributed by atoms with van der Waals surface area (Å²) in [6, 6.07) is 54.0. The third kappa shape index (κ3) is 4.35.